The van der Waals surface area contributed by atoms with Gasteiger partial charge in [0.1, 0.15) is 5.75 Å². The van der Waals surface area contributed by atoms with Gasteiger partial charge in [-0.25, -0.2) is 4.98 Å². The van der Waals surface area contributed by atoms with E-state index in [0.29, 0.717) is 11.7 Å². The molecule has 3 rings (SSSR count). The maximum atomic E-state index is 12.4. The first kappa shape index (κ1) is 19.5. The van der Waals surface area contributed by atoms with Gasteiger partial charge in [0.05, 0.1) is 24.3 Å². The van der Waals surface area contributed by atoms with Gasteiger partial charge in [-0.2, -0.15) is 0 Å². The molecule has 1 unspecified atom stereocenters. The minimum Gasteiger partial charge on any atom is -0.496 e. The quantitative estimate of drug-likeness (QED) is 0.519. The van der Waals surface area contributed by atoms with E-state index in [2.05, 4.69) is 31.2 Å². The summed E-state index contributed by atoms with van der Waals surface area (Å²) in [6, 6.07) is 15.6. The molecule has 0 bridgehead atoms. The Morgan fingerprint density at radius 1 is 1.26 bits per heavy atom. The summed E-state index contributed by atoms with van der Waals surface area (Å²) in [4.78, 5) is 20.1. The Balaban J connectivity index is 1.57. The van der Waals surface area contributed by atoms with E-state index in [1.54, 1.807) is 13.3 Å². The number of H-pyrrole nitrogens is 1. The number of imidazole rings is 1. The molecule has 27 heavy (non-hydrogen) atoms. The molecule has 2 N–H and O–H groups in total. The number of hydrogen-bond donors (Lipinski definition) is 2. The van der Waals surface area contributed by atoms with Crippen LogP contribution in [0.2, 0.25) is 0 Å². The molecule has 1 atom stereocenters. The third-order valence-corrected chi connectivity index (χ3v) is 5.54. The predicted octanol–water partition coefficient (Wildman–Crippen LogP) is 4.64. The molecule has 7 heteroatoms. The summed E-state index contributed by atoms with van der Waals surface area (Å²) < 4.78 is 6.34. The summed E-state index contributed by atoms with van der Waals surface area (Å²) in [5, 5.41) is 3.39. The Morgan fingerprint density at radius 3 is 2.74 bits per heavy atom. The van der Waals surface area contributed by atoms with Gasteiger partial charge in [-0.3, -0.25) is 4.79 Å². The van der Waals surface area contributed by atoms with Crippen LogP contribution in [0.5, 0.6) is 5.75 Å². The first-order valence-electron chi connectivity index (χ1n) is 8.44. The number of thioether (sulfide) groups is 1. The molecule has 0 aliphatic carbocycles. The molecule has 0 aliphatic heterocycles. The number of nitrogens with zero attached hydrogens (tertiary/aromatic N) is 1. The lowest BCUT2D eigenvalue weighted by atomic mass is 10.2. The van der Waals surface area contributed by atoms with Crippen molar-refractivity contribution in [1.82, 2.24) is 15.3 Å². The average Bonchev–Trinajstić information content (AvgIpc) is 3.15. The smallest absolute Gasteiger partial charge is 0.233 e. The van der Waals surface area contributed by atoms with Crippen molar-refractivity contribution < 1.29 is 9.53 Å². The van der Waals surface area contributed by atoms with Gasteiger partial charge in [0.2, 0.25) is 5.91 Å². The third-order valence-electron chi connectivity index (χ3n) is 4.01. The number of benzene rings is 2. The predicted molar refractivity (Wildman–Crippen MR) is 112 cm³/mol. The van der Waals surface area contributed by atoms with Gasteiger partial charge in [-0.05, 0) is 30.7 Å². The molecule has 1 heterocycles. The van der Waals surface area contributed by atoms with Gasteiger partial charge in [-0.1, -0.05) is 58.0 Å². The first-order valence-corrected chi connectivity index (χ1v) is 10.1. The van der Waals surface area contributed by atoms with Crippen molar-refractivity contribution in [3.05, 3.63) is 64.8 Å². The number of para-hydroxylation sites is 1. The van der Waals surface area contributed by atoms with Crippen LogP contribution in [0.4, 0.5) is 0 Å². The molecule has 3 aromatic rings. The minimum absolute atomic E-state index is 0.0486. The van der Waals surface area contributed by atoms with E-state index in [1.807, 2.05) is 55.5 Å². The van der Waals surface area contributed by atoms with Crippen molar-refractivity contribution in [2.24, 2.45) is 0 Å². The van der Waals surface area contributed by atoms with Crippen molar-refractivity contribution in [1.29, 1.82) is 0 Å². The summed E-state index contributed by atoms with van der Waals surface area (Å²) in [7, 11) is 1.62. The van der Waals surface area contributed by atoms with E-state index in [-0.39, 0.29) is 11.2 Å². The molecule has 0 saturated carbocycles. The number of hydrogen-bond acceptors (Lipinski definition) is 4. The normalized spacial score (nSPS) is 11.8. The molecule has 0 aliphatic rings. The van der Waals surface area contributed by atoms with Crippen molar-refractivity contribution in [2.75, 3.05) is 7.11 Å². The SMILES string of the molecule is COc1ccccc1CNC(=O)C(C)Sc1ncc(-c2ccc(Br)cc2)[nH]1. The number of ether oxygens (including phenoxy) is 1. The fourth-order valence-electron chi connectivity index (χ4n) is 2.54. The minimum atomic E-state index is -0.274. The van der Waals surface area contributed by atoms with Crippen molar-refractivity contribution in [3.63, 3.8) is 0 Å². The number of methoxy groups -OCH3 is 1. The zero-order chi connectivity index (χ0) is 19.2. The van der Waals surface area contributed by atoms with Gasteiger partial charge in [0, 0.05) is 16.6 Å². The summed E-state index contributed by atoms with van der Waals surface area (Å²) in [6.45, 7) is 2.29. The highest BCUT2D eigenvalue weighted by atomic mass is 79.9. The lowest BCUT2D eigenvalue weighted by molar-refractivity contribution is -0.120. The number of halogens is 1. The van der Waals surface area contributed by atoms with Gasteiger partial charge < -0.3 is 15.0 Å². The molecule has 0 spiro atoms. The highest BCUT2D eigenvalue weighted by Crippen LogP contribution is 2.25. The van der Waals surface area contributed by atoms with E-state index in [4.69, 9.17) is 4.74 Å². The van der Waals surface area contributed by atoms with Crippen molar-refractivity contribution >= 4 is 33.6 Å². The molecule has 1 amide bonds. The summed E-state index contributed by atoms with van der Waals surface area (Å²) in [5.41, 5.74) is 2.92. The topological polar surface area (TPSA) is 67.0 Å². The fraction of sp³-hybridized carbons (Fsp3) is 0.200. The Hall–Kier alpha value is -2.25. The standard InChI is InChI=1S/C20H20BrN3O2S/c1-13(19(25)22-11-15-5-3-4-6-18(15)26-2)27-20-23-12-17(24-20)14-7-9-16(21)10-8-14/h3-10,12-13H,11H2,1-2H3,(H,22,25)(H,23,24). The Labute approximate surface area is 171 Å². The van der Waals surface area contributed by atoms with Crippen LogP contribution in [-0.4, -0.2) is 28.2 Å². The zero-order valence-electron chi connectivity index (χ0n) is 15.0. The number of carbonyl (C=O) groups is 1. The van der Waals surface area contributed by atoms with Crippen LogP contribution in [0, 0.1) is 0 Å². The number of amides is 1. The maximum absolute atomic E-state index is 12.4. The highest BCUT2D eigenvalue weighted by molar-refractivity contribution is 9.10. The fourth-order valence-corrected chi connectivity index (χ4v) is 3.61. The van der Waals surface area contributed by atoms with E-state index in [9.17, 15) is 4.79 Å². The van der Waals surface area contributed by atoms with Gasteiger partial charge in [0.25, 0.3) is 0 Å². The molecule has 0 fully saturated rings. The zero-order valence-corrected chi connectivity index (χ0v) is 17.4. The number of carbonyl (C=O) groups excluding carboxylic acids is 1. The summed E-state index contributed by atoms with van der Waals surface area (Å²) in [5.74, 6) is 0.718. The van der Waals surface area contributed by atoms with Crippen molar-refractivity contribution in [2.45, 2.75) is 23.9 Å². The maximum Gasteiger partial charge on any atom is 0.233 e. The Morgan fingerprint density at radius 2 is 2.00 bits per heavy atom. The number of aromatic nitrogens is 2. The lowest BCUT2D eigenvalue weighted by Gasteiger charge is -2.12. The highest BCUT2D eigenvalue weighted by Gasteiger charge is 2.17. The van der Waals surface area contributed by atoms with Crippen LogP contribution in [0.15, 0.2) is 64.4 Å². The number of rotatable bonds is 7. The monoisotopic (exact) mass is 445 g/mol. The molecular weight excluding hydrogens is 426 g/mol. The van der Waals surface area contributed by atoms with Gasteiger partial charge in [-0.15, -0.1) is 0 Å². The van der Waals surface area contributed by atoms with Crippen LogP contribution in [-0.2, 0) is 11.3 Å². The Kier molecular flexibility index (Phi) is 6.58. The molecule has 2 aromatic carbocycles. The van der Waals surface area contributed by atoms with Crippen LogP contribution in [0.3, 0.4) is 0 Å². The van der Waals surface area contributed by atoms with Crippen LogP contribution in [0.1, 0.15) is 12.5 Å². The summed E-state index contributed by atoms with van der Waals surface area (Å²) in [6.07, 6.45) is 1.78. The number of nitrogens with one attached hydrogen (secondary N) is 2. The third kappa shape index (κ3) is 5.14. The van der Waals surface area contributed by atoms with Gasteiger partial charge in [0.15, 0.2) is 5.16 Å². The largest absolute Gasteiger partial charge is 0.496 e. The van der Waals surface area contributed by atoms with Crippen molar-refractivity contribution in [3.8, 4) is 17.0 Å². The van der Waals surface area contributed by atoms with Crippen LogP contribution in [0.25, 0.3) is 11.3 Å². The molecule has 0 radical (unpaired) electrons. The molecular formula is C20H20BrN3O2S. The van der Waals surface area contributed by atoms with Crippen LogP contribution < -0.4 is 10.1 Å². The van der Waals surface area contributed by atoms with E-state index in [0.717, 1.165) is 27.0 Å². The van der Waals surface area contributed by atoms with E-state index < -0.39 is 0 Å². The second-order valence-corrected chi connectivity index (χ2v) is 8.14. The van der Waals surface area contributed by atoms with Gasteiger partial charge >= 0.3 is 0 Å². The Bertz CT molecular complexity index is 912. The molecule has 0 saturated heterocycles. The second kappa shape index (κ2) is 9.10. The average molecular weight is 446 g/mol. The molecule has 140 valence electrons. The molecule has 5 nitrogen and oxygen atoms in total. The first-order chi connectivity index (χ1) is 13.1. The second-order valence-electron chi connectivity index (χ2n) is 5.90. The molecule has 1 aromatic heterocycles. The van der Waals surface area contributed by atoms with E-state index in [1.165, 1.54) is 11.8 Å². The number of aromatic amines is 1. The van der Waals surface area contributed by atoms with E-state index >= 15 is 0 Å². The summed E-state index contributed by atoms with van der Waals surface area (Å²) >= 11 is 4.83. The van der Waals surface area contributed by atoms with Crippen LogP contribution >= 0.6 is 27.7 Å². The lowest BCUT2D eigenvalue weighted by Crippen LogP contribution is -2.30.